The summed E-state index contributed by atoms with van der Waals surface area (Å²) in [6, 6.07) is 13.4. The van der Waals surface area contributed by atoms with Crippen LogP contribution in [0.1, 0.15) is 17.3 Å². The number of amides is 2. The Hall–Kier alpha value is -4.67. The van der Waals surface area contributed by atoms with E-state index in [1.165, 1.54) is 18.5 Å². The predicted molar refractivity (Wildman–Crippen MR) is 140 cm³/mol. The number of halogens is 3. The maximum Gasteiger partial charge on any atom is 0.406 e. The van der Waals surface area contributed by atoms with Crippen LogP contribution in [-0.2, 0) is 11.8 Å². The van der Waals surface area contributed by atoms with Crippen molar-refractivity contribution < 1.29 is 22.8 Å². The zero-order valence-electron chi connectivity index (χ0n) is 20.9. The molecule has 2 aromatic carbocycles. The van der Waals surface area contributed by atoms with Crippen molar-refractivity contribution in [3.63, 3.8) is 0 Å². The minimum absolute atomic E-state index is 0.115. The maximum atomic E-state index is 12.7. The molecule has 4 aromatic rings. The molecule has 0 aliphatic carbocycles. The molecule has 0 bridgehead atoms. The largest absolute Gasteiger partial charge is 0.406 e. The molecule has 0 radical (unpaired) electrons. The summed E-state index contributed by atoms with van der Waals surface area (Å²) in [5.41, 5.74) is 10.8. The number of aryl methyl sites for hydroxylation is 1. The van der Waals surface area contributed by atoms with Crippen molar-refractivity contribution >= 4 is 34.4 Å². The fraction of sp³-hybridized carbons (Fsp3) is 0.185. The average Bonchev–Trinajstić information content (AvgIpc) is 3.16. The molecule has 0 atom stereocenters. The van der Waals surface area contributed by atoms with Gasteiger partial charge < -0.3 is 20.5 Å². The highest BCUT2D eigenvalue weighted by Gasteiger charge is 2.31. The molecule has 3 N–H and O–H groups in total. The number of nitrogens with one attached hydrogen (secondary N) is 1. The number of nitrogens with zero attached hydrogens (tertiary/aromatic N) is 4. The molecular formula is C27H25F3N6O2. The fourth-order valence-electron chi connectivity index (χ4n) is 4.18. The van der Waals surface area contributed by atoms with Crippen LogP contribution in [0.25, 0.3) is 33.4 Å². The summed E-state index contributed by atoms with van der Waals surface area (Å²) in [6.45, 7) is 3.90. The topological polar surface area (TPSA) is 106 Å². The molecule has 0 spiro atoms. The number of carbonyl (C=O) groups excluding carboxylic acids is 2. The number of nitrogens with two attached hydrogens (primary N) is 1. The summed E-state index contributed by atoms with van der Waals surface area (Å²) >= 11 is 0. The van der Waals surface area contributed by atoms with Gasteiger partial charge >= 0.3 is 6.18 Å². The maximum absolute atomic E-state index is 12.7. The second kappa shape index (κ2) is 10.0. The lowest BCUT2D eigenvalue weighted by Crippen LogP contribution is -2.35. The van der Waals surface area contributed by atoms with Gasteiger partial charge in [0.25, 0.3) is 11.8 Å². The first-order chi connectivity index (χ1) is 17.9. The fourth-order valence-corrected chi connectivity index (χ4v) is 4.18. The van der Waals surface area contributed by atoms with Gasteiger partial charge in [-0.05, 0) is 42.3 Å². The first-order valence-corrected chi connectivity index (χ1v) is 11.5. The number of hydrogen-bond donors (Lipinski definition) is 2. The van der Waals surface area contributed by atoms with Gasteiger partial charge in [-0.3, -0.25) is 9.59 Å². The number of fused-ring (bicyclic) bond motifs is 1. The van der Waals surface area contributed by atoms with Crippen molar-refractivity contribution in [2.24, 2.45) is 7.05 Å². The lowest BCUT2D eigenvalue weighted by molar-refractivity contribution is -0.138. The zero-order valence-corrected chi connectivity index (χ0v) is 20.9. The van der Waals surface area contributed by atoms with Crippen molar-refractivity contribution in [1.29, 1.82) is 0 Å². The number of rotatable bonds is 6. The molecule has 0 saturated carbocycles. The third-order valence-electron chi connectivity index (χ3n) is 5.98. The van der Waals surface area contributed by atoms with E-state index in [4.69, 9.17) is 5.73 Å². The van der Waals surface area contributed by atoms with Gasteiger partial charge in [0, 0.05) is 36.5 Å². The first-order valence-electron chi connectivity index (χ1n) is 11.5. The Morgan fingerprint density at radius 1 is 1.05 bits per heavy atom. The number of benzene rings is 2. The van der Waals surface area contributed by atoms with Gasteiger partial charge in [-0.25, -0.2) is 9.97 Å². The smallest absolute Gasteiger partial charge is 0.383 e. The molecule has 0 saturated heterocycles. The van der Waals surface area contributed by atoms with Gasteiger partial charge in [0.1, 0.15) is 24.3 Å². The molecule has 8 nitrogen and oxygen atoms in total. The van der Waals surface area contributed by atoms with Crippen molar-refractivity contribution in [2.45, 2.75) is 13.1 Å². The van der Waals surface area contributed by atoms with Gasteiger partial charge in [-0.2, -0.15) is 13.2 Å². The standard InChI is InChI=1S/C27H25F3N6O2/c1-15(2)25(37)34-19-11-9-17(10-12-19)22-20(21-23(31)32-14-33-24(21)36(22)4)16-5-7-18(8-6-16)26(38)35(3)13-27(28,29)30/h5-12,14H,1,13H2,2-4H3,(H,34,37)(H2,31,32,33). The average molecular weight is 523 g/mol. The van der Waals surface area contributed by atoms with E-state index in [1.54, 1.807) is 31.2 Å². The summed E-state index contributed by atoms with van der Waals surface area (Å²) in [5.74, 6) is -0.786. The molecule has 2 amide bonds. The predicted octanol–water partition coefficient (Wildman–Crippen LogP) is 5.03. The van der Waals surface area contributed by atoms with E-state index in [0.29, 0.717) is 38.3 Å². The van der Waals surface area contributed by atoms with Gasteiger partial charge in [-0.1, -0.05) is 30.8 Å². The SMILES string of the molecule is C=C(C)C(=O)Nc1ccc(-c2c(-c3ccc(C(=O)N(C)CC(F)(F)F)cc3)c3c(N)ncnc3n2C)cc1. The van der Waals surface area contributed by atoms with Crippen LogP contribution in [0, 0.1) is 0 Å². The Kier molecular flexibility index (Phi) is 6.95. The van der Waals surface area contributed by atoms with E-state index in [-0.39, 0.29) is 17.3 Å². The monoisotopic (exact) mass is 522 g/mol. The Morgan fingerprint density at radius 3 is 2.24 bits per heavy atom. The third kappa shape index (κ3) is 5.22. The van der Waals surface area contributed by atoms with Gasteiger partial charge in [0.05, 0.1) is 11.1 Å². The van der Waals surface area contributed by atoms with Crippen LogP contribution >= 0.6 is 0 Å². The Labute approximate surface area is 216 Å². The molecule has 0 aliphatic rings. The molecule has 196 valence electrons. The van der Waals surface area contributed by atoms with Crippen molar-refractivity contribution in [2.75, 3.05) is 24.6 Å². The molecule has 2 aromatic heterocycles. The lowest BCUT2D eigenvalue weighted by Gasteiger charge is -2.19. The summed E-state index contributed by atoms with van der Waals surface area (Å²) in [7, 11) is 2.93. The van der Waals surface area contributed by atoms with E-state index in [1.807, 2.05) is 23.7 Å². The van der Waals surface area contributed by atoms with Crippen LogP contribution in [-0.4, -0.2) is 51.0 Å². The van der Waals surface area contributed by atoms with Crippen molar-refractivity contribution in [3.05, 3.63) is 72.6 Å². The van der Waals surface area contributed by atoms with Gasteiger partial charge in [0.15, 0.2) is 0 Å². The molecule has 0 aliphatic heterocycles. The van der Waals surface area contributed by atoms with Crippen LogP contribution in [0.2, 0.25) is 0 Å². The molecule has 0 unspecified atom stereocenters. The highest BCUT2D eigenvalue weighted by atomic mass is 19.4. The Balaban J connectivity index is 1.78. The highest BCUT2D eigenvalue weighted by molar-refractivity contribution is 6.08. The van der Waals surface area contributed by atoms with Crippen LogP contribution in [0.5, 0.6) is 0 Å². The molecule has 11 heteroatoms. The molecule has 0 fully saturated rings. The molecular weight excluding hydrogens is 497 g/mol. The minimum atomic E-state index is -4.50. The number of alkyl halides is 3. The van der Waals surface area contributed by atoms with Crippen molar-refractivity contribution in [1.82, 2.24) is 19.4 Å². The van der Waals surface area contributed by atoms with Crippen LogP contribution in [0.3, 0.4) is 0 Å². The lowest BCUT2D eigenvalue weighted by atomic mass is 9.97. The van der Waals surface area contributed by atoms with Crippen LogP contribution in [0.15, 0.2) is 67.0 Å². The van der Waals surface area contributed by atoms with E-state index in [0.717, 1.165) is 18.3 Å². The van der Waals surface area contributed by atoms with Crippen LogP contribution in [0.4, 0.5) is 24.7 Å². The molecule has 38 heavy (non-hydrogen) atoms. The molecule has 2 heterocycles. The quantitative estimate of drug-likeness (QED) is 0.346. The third-order valence-corrected chi connectivity index (χ3v) is 5.98. The van der Waals surface area contributed by atoms with E-state index in [2.05, 4.69) is 21.9 Å². The molecule has 4 rings (SSSR count). The van der Waals surface area contributed by atoms with Crippen molar-refractivity contribution in [3.8, 4) is 22.4 Å². The summed E-state index contributed by atoms with van der Waals surface area (Å²) < 4.78 is 40.1. The normalized spacial score (nSPS) is 11.4. The van der Waals surface area contributed by atoms with Crippen LogP contribution < -0.4 is 11.1 Å². The number of carbonyl (C=O) groups is 2. The van der Waals surface area contributed by atoms with E-state index < -0.39 is 18.6 Å². The Morgan fingerprint density at radius 2 is 1.66 bits per heavy atom. The first kappa shape index (κ1) is 26.4. The second-order valence-corrected chi connectivity index (χ2v) is 8.91. The van der Waals surface area contributed by atoms with Gasteiger partial charge in [-0.15, -0.1) is 0 Å². The zero-order chi connectivity index (χ0) is 27.8. The summed E-state index contributed by atoms with van der Waals surface area (Å²) in [5, 5.41) is 3.36. The minimum Gasteiger partial charge on any atom is -0.383 e. The summed E-state index contributed by atoms with van der Waals surface area (Å²) in [6.07, 6.45) is -3.14. The Bertz CT molecular complexity index is 1540. The number of aromatic nitrogens is 3. The highest BCUT2D eigenvalue weighted by Crippen LogP contribution is 2.41. The van der Waals surface area contributed by atoms with E-state index in [9.17, 15) is 22.8 Å². The van der Waals surface area contributed by atoms with Gasteiger partial charge in [0.2, 0.25) is 0 Å². The van der Waals surface area contributed by atoms with E-state index >= 15 is 0 Å². The second-order valence-electron chi connectivity index (χ2n) is 8.91. The number of anilines is 2. The number of nitrogen functional groups attached to an aromatic ring is 1. The summed E-state index contributed by atoms with van der Waals surface area (Å²) in [4.78, 5) is 33.7. The number of hydrogen-bond acceptors (Lipinski definition) is 5.